The Morgan fingerprint density at radius 3 is 2.38 bits per heavy atom. The molecule has 1 fully saturated rings. The van der Waals surface area contributed by atoms with Crippen molar-refractivity contribution >= 4 is 17.1 Å². The van der Waals surface area contributed by atoms with Gasteiger partial charge < -0.3 is 40.4 Å². The molecule has 3 heterocycles. The lowest BCUT2D eigenvalue weighted by Gasteiger charge is -2.24. The summed E-state index contributed by atoms with van der Waals surface area (Å²) in [6, 6.07) is 0. The van der Waals surface area contributed by atoms with Crippen molar-refractivity contribution in [3.63, 3.8) is 0 Å². The Kier molecular flexibility index (Phi) is 4.34. The van der Waals surface area contributed by atoms with Gasteiger partial charge in [0.05, 0.1) is 0 Å². The van der Waals surface area contributed by atoms with Crippen LogP contribution in [0.2, 0.25) is 0 Å². The Morgan fingerprint density at radius 2 is 1.85 bits per heavy atom. The number of fused-ring (bicyclic) bond motifs is 1. The number of hydrogen-bond donors (Lipinski definition) is 7. The summed E-state index contributed by atoms with van der Waals surface area (Å²) in [6.45, 7) is 0. The van der Waals surface area contributed by atoms with Crippen LogP contribution in [0, 0.1) is 10.1 Å². The van der Waals surface area contributed by atoms with Gasteiger partial charge in [-0.15, -0.1) is 0 Å². The number of imidazole rings is 1. The van der Waals surface area contributed by atoms with Crippen LogP contribution in [0.3, 0.4) is 0 Å². The third-order valence-corrected chi connectivity index (χ3v) is 3.91. The Morgan fingerprint density at radius 1 is 1.19 bits per heavy atom. The van der Waals surface area contributed by atoms with Crippen LogP contribution in [0.4, 0.5) is 5.95 Å². The van der Waals surface area contributed by atoms with E-state index in [4.69, 9.17) is 4.74 Å². The van der Waals surface area contributed by atoms with Gasteiger partial charge in [0.15, 0.2) is 6.29 Å². The number of nitrogens with one attached hydrogen (secondary N) is 2. The maximum atomic E-state index is 12.0. The first-order chi connectivity index (χ1) is 12.1. The van der Waals surface area contributed by atoms with Crippen molar-refractivity contribution in [2.24, 2.45) is 0 Å². The van der Waals surface area contributed by atoms with Gasteiger partial charge in [0.1, 0.15) is 24.4 Å². The Bertz CT molecular complexity index is 964. The van der Waals surface area contributed by atoms with Crippen molar-refractivity contribution in [3.05, 3.63) is 31.0 Å². The summed E-state index contributed by atoms with van der Waals surface area (Å²) >= 11 is 0. The molecule has 0 amide bonds. The molecule has 2 aromatic rings. The summed E-state index contributed by atoms with van der Waals surface area (Å²) in [5.41, 5.74) is -3.29. The van der Waals surface area contributed by atoms with Crippen LogP contribution in [-0.2, 0) is 4.74 Å². The van der Waals surface area contributed by atoms with Crippen LogP contribution in [0.1, 0.15) is 6.23 Å². The van der Waals surface area contributed by atoms with E-state index in [1.165, 1.54) is 0 Å². The summed E-state index contributed by atoms with van der Waals surface area (Å²) in [6.07, 6.45) is -11.6. The molecule has 15 nitrogen and oxygen atoms in total. The Hall–Kier alpha value is -2.69. The Labute approximate surface area is 140 Å². The fraction of sp³-hybridized carbons (Fsp3) is 0.545. The summed E-state index contributed by atoms with van der Waals surface area (Å²) in [5, 5.41) is 60.2. The second-order valence-corrected chi connectivity index (χ2v) is 5.52. The van der Waals surface area contributed by atoms with Crippen LogP contribution in [0.15, 0.2) is 9.59 Å². The molecule has 2 unspecified atom stereocenters. The van der Waals surface area contributed by atoms with Gasteiger partial charge in [-0.3, -0.25) is 14.8 Å². The minimum absolute atomic E-state index is 0.321. The molecule has 0 saturated carbocycles. The highest BCUT2D eigenvalue weighted by atomic mass is 16.7. The second-order valence-electron chi connectivity index (χ2n) is 5.52. The van der Waals surface area contributed by atoms with Crippen molar-refractivity contribution in [2.75, 3.05) is 0 Å². The number of ether oxygens (including phenoxy) is 1. The van der Waals surface area contributed by atoms with E-state index in [2.05, 4.69) is 4.98 Å². The molecule has 0 aliphatic carbocycles. The molecular weight excluding hydrogens is 362 g/mol. The van der Waals surface area contributed by atoms with Crippen LogP contribution >= 0.6 is 0 Å². The normalized spacial score (nSPS) is 28.3. The Balaban J connectivity index is 2.12. The highest BCUT2D eigenvalue weighted by Crippen LogP contribution is 2.29. The lowest BCUT2D eigenvalue weighted by Crippen LogP contribution is -2.43. The standard InChI is InChI=1S/C11H13N5O10/c17-2-3(18)9(22)26-5(2)4(19)8(21)15-1-6(13-11(15)16(24)25)12-10(23)14-7(1)20/h2-5,8-9,17-19,21-22H,(H2,12,14,20,23)/t2-,3-,4+,5+,8?,9?/m1/s1. The first-order valence-corrected chi connectivity index (χ1v) is 7.08. The molecule has 0 bridgehead atoms. The van der Waals surface area contributed by atoms with Crippen molar-refractivity contribution in [1.29, 1.82) is 0 Å². The summed E-state index contributed by atoms with van der Waals surface area (Å²) < 4.78 is 5.05. The van der Waals surface area contributed by atoms with E-state index in [-0.39, 0.29) is 0 Å². The molecule has 15 heteroatoms. The molecule has 0 aromatic carbocycles. The summed E-state index contributed by atoms with van der Waals surface area (Å²) in [4.78, 5) is 40.6. The predicted octanol–water partition coefficient (Wildman–Crippen LogP) is -4.39. The SMILES string of the molecule is O=c1[nH]c(=O)c2c(nc([N+](=O)[O-])n2C(O)[C@@H](O)[C@H]2OC(O)[C@H](O)[C@H]2O)[nH]1. The molecule has 3 rings (SSSR count). The molecule has 0 spiro atoms. The monoisotopic (exact) mass is 375 g/mol. The van der Waals surface area contributed by atoms with Gasteiger partial charge in [0, 0.05) is 0 Å². The van der Waals surface area contributed by atoms with Crippen molar-refractivity contribution < 1.29 is 35.2 Å². The topological polar surface area (TPSA) is 237 Å². The van der Waals surface area contributed by atoms with Crippen molar-refractivity contribution in [2.45, 2.75) is 36.9 Å². The van der Waals surface area contributed by atoms with Gasteiger partial charge in [-0.05, 0) is 9.91 Å². The fourth-order valence-electron chi connectivity index (χ4n) is 2.70. The maximum absolute atomic E-state index is 12.0. The molecule has 1 aliphatic rings. The van der Waals surface area contributed by atoms with Crippen LogP contribution in [0.25, 0.3) is 11.2 Å². The molecule has 1 saturated heterocycles. The smallest absolute Gasteiger partial charge is 0.390 e. The van der Waals surface area contributed by atoms with Crippen molar-refractivity contribution in [1.82, 2.24) is 19.5 Å². The van der Waals surface area contributed by atoms with Gasteiger partial charge >= 0.3 is 11.6 Å². The van der Waals surface area contributed by atoms with Crippen LogP contribution in [-0.4, -0.2) is 80.7 Å². The van der Waals surface area contributed by atoms with Gasteiger partial charge in [-0.2, -0.15) is 4.57 Å². The van der Waals surface area contributed by atoms with Gasteiger partial charge in [-0.25, -0.2) is 4.79 Å². The molecule has 142 valence electrons. The van der Waals surface area contributed by atoms with E-state index >= 15 is 0 Å². The largest absolute Gasteiger partial charge is 0.439 e. The zero-order valence-corrected chi connectivity index (χ0v) is 12.6. The quantitative estimate of drug-likeness (QED) is 0.199. The zero-order valence-electron chi connectivity index (χ0n) is 12.6. The molecule has 1 aliphatic heterocycles. The molecule has 26 heavy (non-hydrogen) atoms. The number of H-pyrrole nitrogens is 2. The average molecular weight is 375 g/mol. The third-order valence-electron chi connectivity index (χ3n) is 3.91. The number of aliphatic hydroxyl groups is 5. The lowest BCUT2D eigenvalue weighted by molar-refractivity contribution is -0.398. The van der Waals surface area contributed by atoms with E-state index in [9.17, 15) is 45.2 Å². The van der Waals surface area contributed by atoms with Gasteiger partial charge in [-0.1, -0.05) is 0 Å². The minimum atomic E-state index is -2.26. The number of hydrogen-bond acceptors (Lipinski definition) is 11. The zero-order chi connectivity index (χ0) is 19.3. The van der Waals surface area contributed by atoms with Gasteiger partial charge in [0.2, 0.25) is 11.7 Å². The van der Waals surface area contributed by atoms with E-state index in [0.29, 0.717) is 4.57 Å². The fourth-order valence-corrected chi connectivity index (χ4v) is 2.70. The summed E-state index contributed by atoms with van der Waals surface area (Å²) in [7, 11) is 0. The number of aromatic nitrogens is 4. The molecule has 7 N–H and O–H groups in total. The highest BCUT2D eigenvalue weighted by Gasteiger charge is 2.49. The highest BCUT2D eigenvalue weighted by molar-refractivity contribution is 5.72. The maximum Gasteiger partial charge on any atom is 0.439 e. The lowest BCUT2D eigenvalue weighted by atomic mass is 10.0. The number of nitrogens with zero attached hydrogens (tertiary/aromatic N) is 3. The second kappa shape index (κ2) is 6.24. The molecule has 6 atom stereocenters. The molecule has 0 radical (unpaired) electrons. The first-order valence-electron chi connectivity index (χ1n) is 7.08. The van der Waals surface area contributed by atoms with E-state index in [0.717, 1.165) is 0 Å². The number of rotatable bonds is 4. The molecular formula is C11H13N5O10. The van der Waals surface area contributed by atoms with E-state index in [1.807, 2.05) is 4.98 Å². The van der Waals surface area contributed by atoms with Crippen LogP contribution < -0.4 is 11.2 Å². The first kappa shape index (κ1) is 18.1. The number of aromatic amines is 2. The van der Waals surface area contributed by atoms with Gasteiger partial charge in [0.25, 0.3) is 11.2 Å². The number of nitro groups is 1. The minimum Gasteiger partial charge on any atom is -0.390 e. The molecule has 2 aromatic heterocycles. The predicted molar refractivity (Wildman–Crippen MR) is 77.8 cm³/mol. The van der Waals surface area contributed by atoms with Crippen LogP contribution in [0.5, 0.6) is 0 Å². The summed E-state index contributed by atoms with van der Waals surface area (Å²) in [5.74, 6) is -1.09. The third kappa shape index (κ3) is 2.68. The van der Waals surface area contributed by atoms with Crippen molar-refractivity contribution in [3.8, 4) is 0 Å². The number of aliphatic hydroxyl groups excluding tert-OH is 5. The van der Waals surface area contributed by atoms with E-state index in [1.54, 1.807) is 4.98 Å². The average Bonchev–Trinajstić information content (AvgIpc) is 3.07. The van der Waals surface area contributed by atoms with E-state index < -0.39 is 70.2 Å².